The Morgan fingerprint density at radius 1 is 1.00 bits per heavy atom. The van der Waals surface area contributed by atoms with Gasteiger partial charge in [-0.1, -0.05) is 48.3 Å². The van der Waals surface area contributed by atoms with Crippen LogP contribution < -0.4 is 10.9 Å². The summed E-state index contributed by atoms with van der Waals surface area (Å²) >= 11 is 11.8. The fraction of sp³-hybridized carbons (Fsp3) is 0.176. The summed E-state index contributed by atoms with van der Waals surface area (Å²) in [7, 11) is 0. The van der Waals surface area contributed by atoms with Crippen LogP contribution in [0.2, 0.25) is 10.0 Å². The van der Waals surface area contributed by atoms with Gasteiger partial charge in [-0.25, -0.2) is 0 Å². The van der Waals surface area contributed by atoms with Crippen molar-refractivity contribution in [1.82, 2.24) is 10.9 Å². The molecule has 2 rings (SSSR count). The number of hydrogen-bond acceptors (Lipinski definition) is 2. The summed E-state index contributed by atoms with van der Waals surface area (Å²) < 4.78 is 0. The fourth-order valence-electron chi connectivity index (χ4n) is 1.97. The maximum absolute atomic E-state index is 11.9. The Morgan fingerprint density at radius 2 is 1.70 bits per heavy atom. The standard InChI is InChI=1S/C17H16Cl2N2O2/c1-2-11-3-5-12(6-4-11)17(23)21-20-16(22)9-13-7-8-14(18)10-15(13)19/h3-8,10H,2,9H2,1H3,(H,20,22)(H,21,23). The van der Waals surface area contributed by atoms with Crippen molar-refractivity contribution in [2.24, 2.45) is 0 Å². The minimum absolute atomic E-state index is 0.0467. The Labute approximate surface area is 144 Å². The summed E-state index contributed by atoms with van der Waals surface area (Å²) in [4.78, 5) is 23.8. The third-order valence-electron chi connectivity index (χ3n) is 3.31. The lowest BCUT2D eigenvalue weighted by atomic mass is 10.1. The maximum atomic E-state index is 11.9. The van der Waals surface area contributed by atoms with Crippen LogP contribution in [0.15, 0.2) is 42.5 Å². The number of benzene rings is 2. The van der Waals surface area contributed by atoms with Crippen LogP contribution in [0.4, 0.5) is 0 Å². The van der Waals surface area contributed by atoms with Crippen molar-refractivity contribution in [2.45, 2.75) is 19.8 Å². The Bertz CT molecular complexity index is 715. The zero-order valence-corrected chi connectivity index (χ0v) is 14.0. The molecule has 0 radical (unpaired) electrons. The number of nitrogens with one attached hydrogen (secondary N) is 2. The monoisotopic (exact) mass is 350 g/mol. The van der Waals surface area contributed by atoms with E-state index in [1.165, 1.54) is 0 Å². The number of hydrazine groups is 1. The van der Waals surface area contributed by atoms with Crippen LogP contribution >= 0.6 is 23.2 Å². The third kappa shape index (κ3) is 4.98. The number of halogens is 2. The predicted octanol–water partition coefficient (Wildman–Crippen LogP) is 3.56. The highest BCUT2D eigenvalue weighted by atomic mass is 35.5. The molecule has 0 saturated carbocycles. The highest BCUT2D eigenvalue weighted by molar-refractivity contribution is 6.35. The smallest absolute Gasteiger partial charge is 0.269 e. The SMILES string of the molecule is CCc1ccc(C(=O)NNC(=O)Cc2ccc(Cl)cc2Cl)cc1. The second-order valence-corrected chi connectivity index (χ2v) is 5.81. The quantitative estimate of drug-likeness (QED) is 0.828. The first-order valence-electron chi connectivity index (χ1n) is 7.11. The molecule has 0 atom stereocenters. The van der Waals surface area contributed by atoms with E-state index in [2.05, 4.69) is 10.9 Å². The molecular weight excluding hydrogens is 335 g/mol. The van der Waals surface area contributed by atoms with Crippen molar-refractivity contribution >= 4 is 35.0 Å². The largest absolute Gasteiger partial charge is 0.273 e. The van der Waals surface area contributed by atoms with Gasteiger partial charge >= 0.3 is 0 Å². The van der Waals surface area contributed by atoms with Crippen LogP contribution in [0.25, 0.3) is 0 Å². The summed E-state index contributed by atoms with van der Waals surface area (Å²) in [6, 6.07) is 12.1. The molecular formula is C17H16Cl2N2O2. The Morgan fingerprint density at radius 3 is 2.30 bits per heavy atom. The van der Waals surface area contributed by atoms with Gasteiger partial charge in [-0.05, 0) is 41.8 Å². The summed E-state index contributed by atoms with van der Waals surface area (Å²) in [5.74, 6) is -0.740. The molecule has 120 valence electrons. The minimum Gasteiger partial charge on any atom is -0.273 e. The van der Waals surface area contributed by atoms with Crippen LogP contribution in [0.3, 0.4) is 0 Å². The van der Waals surface area contributed by atoms with E-state index in [1.807, 2.05) is 19.1 Å². The summed E-state index contributed by atoms with van der Waals surface area (Å²) in [5.41, 5.74) is 7.00. The van der Waals surface area contributed by atoms with Crippen LogP contribution in [-0.2, 0) is 17.6 Å². The lowest BCUT2D eigenvalue weighted by Gasteiger charge is -2.09. The molecule has 6 heteroatoms. The van der Waals surface area contributed by atoms with Gasteiger partial charge in [-0.2, -0.15) is 0 Å². The van der Waals surface area contributed by atoms with Gasteiger partial charge in [0.2, 0.25) is 5.91 Å². The number of hydrogen-bond donors (Lipinski definition) is 2. The molecule has 0 spiro atoms. The average Bonchev–Trinajstić information content (AvgIpc) is 2.55. The zero-order valence-electron chi connectivity index (χ0n) is 12.5. The maximum Gasteiger partial charge on any atom is 0.269 e. The molecule has 0 saturated heterocycles. The van der Waals surface area contributed by atoms with Crippen molar-refractivity contribution < 1.29 is 9.59 Å². The van der Waals surface area contributed by atoms with Gasteiger partial charge in [-0.3, -0.25) is 20.4 Å². The normalized spacial score (nSPS) is 10.2. The fourth-order valence-corrected chi connectivity index (χ4v) is 2.45. The average molecular weight is 351 g/mol. The summed E-state index contributed by atoms with van der Waals surface area (Å²) in [6.45, 7) is 2.04. The Hall–Kier alpha value is -2.04. The van der Waals surface area contributed by atoms with Crippen molar-refractivity contribution in [3.8, 4) is 0 Å². The van der Waals surface area contributed by atoms with E-state index in [1.54, 1.807) is 30.3 Å². The number of aryl methyl sites for hydroxylation is 1. The van der Waals surface area contributed by atoms with Crippen molar-refractivity contribution in [3.05, 3.63) is 69.2 Å². The molecule has 23 heavy (non-hydrogen) atoms. The zero-order chi connectivity index (χ0) is 16.8. The van der Waals surface area contributed by atoms with E-state index < -0.39 is 0 Å². The van der Waals surface area contributed by atoms with E-state index in [-0.39, 0.29) is 18.2 Å². The second kappa shape index (κ2) is 7.99. The molecule has 0 bridgehead atoms. The van der Waals surface area contributed by atoms with E-state index in [0.717, 1.165) is 12.0 Å². The molecule has 2 aromatic rings. The molecule has 0 aromatic heterocycles. The molecule has 2 amide bonds. The Kier molecular flexibility index (Phi) is 6.02. The van der Waals surface area contributed by atoms with Crippen LogP contribution in [0.1, 0.15) is 28.4 Å². The van der Waals surface area contributed by atoms with Gasteiger partial charge in [0.05, 0.1) is 6.42 Å². The highest BCUT2D eigenvalue weighted by Crippen LogP contribution is 2.21. The molecule has 2 N–H and O–H groups in total. The van der Waals surface area contributed by atoms with Crippen LogP contribution in [0, 0.1) is 0 Å². The topological polar surface area (TPSA) is 58.2 Å². The van der Waals surface area contributed by atoms with E-state index >= 15 is 0 Å². The molecule has 4 nitrogen and oxygen atoms in total. The summed E-state index contributed by atoms with van der Waals surface area (Å²) in [6.07, 6.45) is 0.950. The van der Waals surface area contributed by atoms with E-state index in [0.29, 0.717) is 21.2 Å². The highest BCUT2D eigenvalue weighted by Gasteiger charge is 2.10. The second-order valence-electron chi connectivity index (χ2n) is 4.97. The first-order valence-corrected chi connectivity index (χ1v) is 7.87. The first-order chi connectivity index (χ1) is 11.0. The van der Waals surface area contributed by atoms with Crippen molar-refractivity contribution in [2.75, 3.05) is 0 Å². The lowest BCUT2D eigenvalue weighted by Crippen LogP contribution is -2.42. The molecule has 0 fully saturated rings. The van der Waals surface area contributed by atoms with Crippen molar-refractivity contribution in [3.63, 3.8) is 0 Å². The number of amides is 2. The lowest BCUT2D eigenvalue weighted by molar-refractivity contribution is -0.121. The van der Waals surface area contributed by atoms with Crippen LogP contribution in [0.5, 0.6) is 0 Å². The number of rotatable bonds is 4. The molecule has 0 aliphatic rings. The molecule has 0 aliphatic heterocycles. The Balaban J connectivity index is 1.89. The first kappa shape index (κ1) is 17.3. The van der Waals surface area contributed by atoms with E-state index in [4.69, 9.17) is 23.2 Å². The van der Waals surface area contributed by atoms with E-state index in [9.17, 15) is 9.59 Å². The van der Waals surface area contributed by atoms with Gasteiger partial charge < -0.3 is 0 Å². The molecule has 0 unspecified atom stereocenters. The molecule has 0 heterocycles. The van der Waals surface area contributed by atoms with Gasteiger partial charge in [0.15, 0.2) is 0 Å². The molecule has 2 aromatic carbocycles. The predicted molar refractivity (Wildman–Crippen MR) is 91.6 cm³/mol. The van der Waals surface area contributed by atoms with Crippen LogP contribution in [-0.4, -0.2) is 11.8 Å². The van der Waals surface area contributed by atoms with Gasteiger partial charge in [-0.15, -0.1) is 0 Å². The van der Waals surface area contributed by atoms with Crippen molar-refractivity contribution in [1.29, 1.82) is 0 Å². The number of carbonyl (C=O) groups is 2. The molecule has 0 aliphatic carbocycles. The number of carbonyl (C=O) groups excluding carboxylic acids is 2. The summed E-state index contributed by atoms with van der Waals surface area (Å²) in [5, 5.41) is 0.914. The third-order valence-corrected chi connectivity index (χ3v) is 3.89. The van der Waals surface area contributed by atoms with Gasteiger partial charge in [0.25, 0.3) is 5.91 Å². The van der Waals surface area contributed by atoms with Gasteiger partial charge in [0, 0.05) is 15.6 Å². The minimum atomic E-state index is -0.372. The van der Waals surface area contributed by atoms with Gasteiger partial charge in [0.1, 0.15) is 0 Å².